The monoisotopic (exact) mass is 122 g/mol. The largest absolute Gasteiger partial charge is 0.308 e. The van der Waals surface area contributed by atoms with Gasteiger partial charge in [0.25, 0.3) is 0 Å². The number of fused-ring (bicyclic) bond motifs is 2. The van der Waals surface area contributed by atoms with E-state index in [4.69, 9.17) is 0 Å². The number of nitrogens with one attached hydrogen (secondary N) is 1. The lowest BCUT2D eigenvalue weighted by Gasteiger charge is -2.32. The zero-order valence-corrected chi connectivity index (χ0v) is 5.51. The fraction of sp³-hybridized carbons (Fsp3) is 0.875. The van der Waals surface area contributed by atoms with E-state index in [0.717, 1.165) is 23.9 Å². The molecule has 4 rings (SSSR count). The minimum absolute atomic E-state index is 0.928. The van der Waals surface area contributed by atoms with Gasteiger partial charge in [0.2, 0.25) is 0 Å². The van der Waals surface area contributed by atoms with E-state index in [2.05, 4.69) is 11.7 Å². The zero-order chi connectivity index (χ0) is 5.84. The summed E-state index contributed by atoms with van der Waals surface area (Å²) in [6, 6.07) is 1.88. The van der Waals surface area contributed by atoms with Crippen LogP contribution in [0.15, 0.2) is 0 Å². The summed E-state index contributed by atoms with van der Waals surface area (Å²) >= 11 is 0. The molecule has 4 fully saturated rings. The first kappa shape index (κ1) is 4.73. The number of rotatable bonds is 0. The third-order valence-corrected chi connectivity index (χ3v) is 3.24. The van der Waals surface area contributed by atoms with Gasteiger partial charge in [-0.1, -0.05) is 0 Å². The van der Waals surface area contributed by atoms with Gasteiger partial charge in [0.05, 0.1) is 0 Å². The Balaban J connectivity index is 1.93. The minimum atomic E-state index is 0.928. The summed E-state index contributed by atoms with van der Waals surface area (Å²) in [4.78, 5) is 0. The van der Waals surface area contributed by atoms with E-state index < -0.39 is 0 Å². The van der Waals surface area contributed by atoms with E-state index in [-0.39, 0.29) is 0 Å². The molecule has 1 N–H and O–H groups in total. The lowest BCUT2D eigenvalue weighted by atomic mass is 9.71. The quantitative estimate of drug-likeness (QED) is 0.475. The summed E-state index contributed by atoms with van der Waals surface area (Å²) < 4.78 is 0. The smallest absolute Gasteiger partial charge is 0.0258 e. The normalized spacial score (nSPS) is 61.3. The maximum absolute atomic E-state index is 3.56. The number of hydrogen-bond donors (Lipinski definition) is 1. The van der Waals surface area contributed by atoms with Crippen LogP contribution in [0.2, 0.25) is 0 Å². The molecule has 0 aromatic carbocycles. The van der Waals surface area contributed by atoms with Gasteiger partial charge in [-0.3, -0.25) is 0 Å². The van der Waals surface area contributed by atoms with Crippen molar-refractivity contribution in [3.05, 3.63) is 6.42 Å². The van der Waals surface area contributed by atoms with Gasteiger partial charge in [-0.25, -0.2) is 0 Å². The highest BCUT2D eigenvalue weighted by Crippen LogP contribution is 2.47. The fourth-order valence-corrected chi connectivity index (χ4v) is 2.63. The first-order chi connectivity index (χ1) is 4.45. The predicted octanol–water partition coefficient (Wildman–Crippen LogP) is 0.961. The van der Waals surface area contributed by atoms with E-state index >= 15 is 0 Å². The van der Waals surface area contributed by atoms with Crippen molar-refractivity contribution in [3.63, 3.8) is 0 Å². The Kier molecular flexibility index (Phi) is 0.704. The summed E-state index contributed by atoms with van der Waals surface area (Å²) in [7, 11) is 0. The molecule has 3 saturated carbocycles. The van der Waals surface area contributed by atoms with Crippen molar-refractivity contribution >= 4 is 0 Å². The molecule has 9 heavy (non-hydrogen) atoms. The summed E-state index contributed by atoms with van der Waals surface area (Å²) in [6.07, 6.45) is 6.91. The molecule has 2 bridgehead atoms. The van der Waals surface area contributed by atoms with E-state index in [1.54, 1.807) is 0 Å². The van der Waals surface area contributed by atoms with Crippen LogP contribution in [0.3, 0.4) is 0 Å². The maximum Gasteiger partial charge on any atom is 0.0258 e. The van der Waals surface area contributed by atoms with Gasteiger partial charge in [0.1, 0.15) is 0 Å². The van der Waals surface area contributed by atoms with Gasteiger partial charge >= 0.3 is 0 Å². The SMILES string of the molecule is [CH]1CC2CCC1C1NC21. The Labute approximate surface area is 55.8 Å². The topological polar surface area (TPSA) is 21.9 Å². The predicted molar refractivity (Wildman–Crippen MR) is 35.8 cm³/mol. The van der Waals surface area contributed by atoms with E-state index in [0.29, 0.717) is 0 Å². The van der Waals surface area contributed by atoms with Crippen LogP contribution in [0.5, 0.6) is 0 Å². The molecule has 4 atom stereocenters. The third-order valence-electron chi connectivity index (χ3n) is 3.24. The second-order valence-electron chi connectivity index (χ2n) is 3.69. The van der Waals surface area contributed by atoms with Gasteiger partial charge in [-0.05, 0) is 37.5 Å². The van der Waals surface area contributed by atoms with Crippen LogP contribution in [0.25, 0.3) is 0 Å². The molecule has 0 aromatic heterocycles. The first-order valence-corrected chi connectivity index (χ1v) is 4.04. The third kappa shape index (κ3) is 0.493. The molecule has 4 aliphatic rings. The summed E-state index contributed by atoms with van der Waals surface area (Å²) in [5.74, 6) is 1.99. The lowest BCUT2D eigenvalue weighted by Crippen LogP contribution is -2.30. The lowest BCUT2D eigenvalue weighted by molar-refractivity contribution is 0.281. The van der Waals surface area contributed by atoms with Gasteiger partial charge in [0.15, 0.2) is 0 Å². The second-order valence-corrected chi connectivity index (χ2v) is 3.69. The van der Waals surface area contributed by atoms with Crippen LogP contribution in [-0.4, -0.2) is 12.1 Å². The Morgan fingerprint density at radius 3 is 2.67 bits per heavy atom. The van der Waals surface area contributed by atoms with Crippen molar-refractivity contribution in [2.24, 2.45) is 11.8 Å². The summed E-state index contributed by atoms with van der Waals surface area (Å²) in [6.45, 7) is 0. The summed E-state index contributed by atoms with van der Waals surface area (Å²) in [5.41, 5.74) is 0. The highest BCUT2D eigenvalue weighted by molar-refractivity contribution is 5.17. The molecule has 1 heteroatoms. The Morgan fingerprint density at radius 1 is 1.22 bits per heavy atom. The highest BCUT2D eigenvalue weighted by atomic mass is 15.2. The Hall–Kier alpha value is -0.0400. The van der Waals surface area contributed by atoms with E-state index in [9.17, 15) is 0 Å². The van der Waals surface area contributed by atoms with E-state index in [1.807, 2.05) is 0 Å². The zero-order valence-electron chi connectivity index (χ0n) is 5.51. The van der Waals surface area contributed by atoms with Crippen molar-refractivity contribution in [3.8, 4) is 0 Å². The molecule has 1 radical (unpaired) electrons. The van der Waals surface area contributed by atoms with Crippen LogP contribution < -0.4 is 5.32 Å². The molecule has 0 aromatic rings. The molecular weight excluding hydrogens is 110 g/mol. The molecule has 0 amide bonds. The van der Waals surface area contributed by atoms with Gasteiger partial charge in [-0.2, -0.15) is 0 Å². The number of hydrogen-bond acceptors (Lipinski definition) is 1. The fourth-order valence-electron chi connectivity index (χ4n) is 2.63. The molecule has 1 aliphatic heterocycles. The van der Waals surface area contributed by atoms with E-state index in [1.165, 1.54) is 19.3 Å². The first-order valence-electron chi connectivity index (χ1n) is 4.04. The Morgan fingerprint density at radius 2 is 2.22 bits per heavy atom. The van der Waals surface area contributed by atoms with Gasteiger partial charge in [0, 0.05) is 12.1 Å². The molecule has 1 nitrogen and oxygen atoms in total. The molecule has 0 spiro atoms. The van der Waals surface area contributed by atoms with Gasteiger partial charge < -0.3 is 5.32 Å². The van der Waals surface area contributed by atoms with Crippen molar-refractivity contribution in [1.29, 1.82) is 0 Å². The van der Waals surface area contributed by atoms with Crippen LogP contribution >= 0.6 is 0 Å². The minimum Gasteiger partial charge on any atom is -0.308 e. The highest BCUT2D eigenvalue weighted by Gasteiger charge is 2.53. The van der Waals surface area contributed by atoms with Crippen molar-refractivity contribution in [2.75, 3.05) is 0 Å². The van der Waals surface area contributed by atoms with Crippen LogP contribution in [0, 0.1) is 18.3 Å². The summed E-state index contributed by atoms with van der Waals surface area (Å²) in [5, 5.41) is 3.56. The average Bonchev–Trinajstić information content (AvgIpc) is 2.68. The van der Waals surface area contributed by atoms with Crippen LogP contribution in [0.4, 0.5) is 0 Å². The van der Waals surface area contributed by atoms with Crippen molar-refractivity contribution in [1.82, 2.24) is 5.32 Å². The van der Waals surface area contributed by atoms with Crippen LogP contribution in [0.1, 0.15) is 19.3 Å². The molecule has 49 valence electrons. The van der Waals surface area contributed by atoms with Crippen molar-refractivity contribution in [2.45, 2.75) is 31.3 Å². The van der Waals surface area contributed by atoms with Crippen molar-refractivity contribution < 1.29 is 0 Å². The van der Waals surface area contributed by atoms with Crippen LogP contribution in [-0.2, 0) is 0 Å². The molecule has 1 heterocycles. The molecular formula is C8H12N. The maximum atomic E-state index is 3.56. The second kappa shape index (κ2) is 1.34. The standard InChI is InChI=1S/C8H12N/c1-2-6-4-3-5(1)7-8(6)9-7/h1,5-9H,2-4H2. The average molecular weight is 122 g/mol. The molecule has 4 unspecified atom stereocenters. The molecule has 3 aliphatic carbocycles. The molecule has 1 saturated heterocycles. The Bertz CT molecular complexity index is 120. The van der Waals surface area contributed by atoms with Gasteiger partial charge in [-0.15, -0.1) is 0 Å².